The van der Waals surface area contributed by atoms with E-state index in [1.807, 2.05) is 13.8 Å². The summed E-state index contributed by atoms with van der Waals surface area (Å²) in [5.41, 5.74) is 8.21. The van der Waals surface area contributed by atoms with Crippen molar-refractivity contribution in [3.63, 3.8) is 0 Å². The van der Waals surface area contributed by atoms with Crippen LogP contribution in [-0.2, 0) is 9.47 Å². The van der Waals surface area contributed by atoms with E-state index in [9.17, 15) is 0 Å². The Morgan fingerprint density at radius 3 is 2.50 bits per heavy atom. The molecular formula is C7H13N3O2. The summed E-state index contributed by atoms with van der Waals surface area (Å²) >= 11 is 0. The minimum absolute atomic E-state index is 0.0851. The average Bonchev–Trinajstić information content (AvgIpc) is 2.55. The number of hydrogen-bond acceptors (Lipinski definition) is 3. The van der Waals surface area contributed by atoms with E-state index in [2.05, 4.69) is 10.0 Å². The Labute approximate surface area is 71.3 Å². The highest BCUT2D eigenvalue weighted by molar-refractivity contribution is 4.73. The number of ether oxygens (including phenoxy) is 2. The van der Waals surface area contributed by atoms with Crippen molar-refractivity contribution in [3.8, 4) is 0 Å². The quantitative estimate of drug-likeness (QED) is 0.368. The number of nitrogens with zero attached hydrogens (tertiary/aromatic N) is 3. The van der Waals surface area contributed by atoms with Crippen LogP contribution in [0.5, 0.6) is 0 Å². The molecule has 1 aliphatic rings. The zero-order valence-corrected chi connectivity index (χ0v) is 7.30. The van der Waals surface area contributed by atoms with E-state index in [1.54, 1.807) is 0 Å². The Morgan fingerprint density at radius 1 is 1.42 bits per heavy atom. The fraction of sp³-hybridized carbons (Fsp3) is 1.00. The van der Waals surface area contributed by atoms with Gasteiger partial charge >= 0.3 is 0 Å². The molecule has 1 aliphatic heterocycles. The average molecular weight is 171 g/mol. The maximum atomic E-state index is 8.21. The maximum absolute atomic E-state index is 8.21. The summed E-state index contributed by atoms with van der Waals surface area (Å²) in [6, 6.07) is -0.0851. The van der Waals surface area contributed by atoms with Crippen LogP contribution in [0.1, 0.15) is 13.8 Å². The van der Waals surface area contributed by atoms with E-state index in [0.29, 0.717) is 13.2 Å². The molecule has 0 aliphatic carbocycles. The summed E-state index contributed by atoms with van der Waals surface area (Å²) in [6.07, 6.45) is -0.203. The highest BCUT2D eigenvalue weighted by atomic mass is 16.7. The second-order valence-electron chi connectivity index (χ2n) is 2.91. The summed E-state index contributed by atoms with van der Waals surface area (Å²) in [7, 11) is 0. The van der Waals surface area contributed by atoms with Crippen LogP contribution in [0, 0.1) is 5.92 Å². The maximum Gasteiger partial charge on any atom is 0.160 e. The summed E-state index contributed by atoms with van der Waals surface area (Å²) in [6.45, 7) is 5.08. The summed E-state index contributed by atoms with van der Waals surface area (Å²) in [5.74, 6) is 0.114. The lowest BCUT2D eigenvalue weighted by atomic mass is 10.0. The molecule has 0 N–H and O–H groups in total. The van der Waals surface area contributed by atoms with Gasteiger partial charge < -0.3 is 9.47 Å². The van der Waals surface area contributed by atoms with E-state index in [4.69, 9.17) is 15.0 Å². The van der Waals surface area contributed by atoms with Gasteiger partial charge in [-0.2, -0.15) is 0 Å². The van der Waals surface area contributed by atoms with Crippen molar-refractivity contribution in [3.05, 3.63) is 10.4 Å². The van der Waals surface area contributed by atoms with Gasteiger partial charge in [-0.05, 0) is 5.53 Å². The fourth-order valence-electron chi connectivity index (χ4n) is 1.09. The van der Waals surface area contributed by atoms with Crippen LogP contribution in [0.2, 0.25) is 0 Å². The lowest BCUT2D eigenvalue weighted by Crippen LogP contribution is -2.26. The first kappa shape index (κ1) is 9.32. The minimum atomic E-state index is -0.203. The van der Waals surface area contributed by atoms with Crippen LogP contribution in [0.3, 0.4) is 0 Å². The van der Waals surface area contributed by atoms with Crippen molar-refractivity contribution >= 4 is 0 Å². The van der Waals surface area contributed by atoms with E-state index in [-0.39, 0.29) is 18.2 Å². The Morgan fingerprint density at radius 2 is 2.00 bits per heavy atom. The first-order valence-electron chi connectivity index (χ1n) is 4.03. The normalized spacial score (nSPS) is 23.2. The smallest absolute Gasteiger partial charge is 0.160 e. The van der Waals surface area contributed by atoms with Crippen molar-refractivity contribution in [2.45, 2.75) is 26.2 Å². The van der Waals surface area contributed by atoms with Crippen LogP contribution >= 0.6 is 0 Å². The van der Waals surface area contributed by atoms with Crippen molar-refractivity contribution < 1.29 is 9.47 Å². The first-order chi connectivity index (χ1) is 5.75. The summed E-state index contributed by atoms with van der Waals surface area (Å²) in [5, 5.41) is 3.59. The molecule has 2 unspecified atom stereocenters. The minimum Gasteiger partial charge on any atom is -0.350 e. The number of rotatable bonds is 3. The van der Waals surface area contributed by atoms with Crippen LogP contribution in [0.25, 0.3) is 10.4 Å². The first-order valence-corrected chi connectivity index (χ1v) is 4.03. The Kier molecular flexibility index (Phi) is 3.34. The lowest BCUT2D eigenvalue weighted by Gasteiger charge is -2.20. The molecule has 0 aromatic heterocycles. The van der Waals surface area contributed by atoms with Crippen molar-refractivity contribution in [1.29, 1.82) is 0 Å². The molecule has 0 saturated carbocycles. The SMILES string of the molecule is CC(N=[N+]=[N-])C(C)C1OCCO1. The second kappa shape index (κ2) is 4.30. The third-order valence-corrected chi connectivity index (χ3v) is 2.07. The zero-order valence-electron chi connectivity index (χ0n) is 7.30. The van der Waals surface area contributed by atoms with Gasteiger partial charge in [0, 0.05) is 16.9 Å². The summed E-state index contributed by atoms with van der Waals surface area (Å²) < 4.78 is 10.6. The molecule has 0 spiro atoms. The molecule has 0 radical (unpaired) electrons. The second-order valence-corrected chi connectivity index (χ2v) is 2.91. The Balaban J connectivity index is 2.44. The highest BCUT2D eigenvalue weighted by Gasteiger charge is 2.26. The molecule has 0 amide bonds. The van der Waals surface area contributed by atoms with Crippen molar-refractivity contribution in [2.75, 3.05) is 13.2 Å². The third-order valence-electron chi connectivity index (χ3n) is 2.07. The van der Waals surface area contributed by atoms with Gasteiger partial charge in [0.15, 0.2) is 6.29 Å². The number of hydrogen-bond donors (Lipinski definition) is 0. The van der Waals surface area contributed by atoms with Crippen molar-refractivity contribution in [2.24, 2.45) is 11.0 Å². The standard InChI is InChI=1S/C7H13N3O2/c1-5(6(2)9-10-8)7-11-3-4-12-7/h5-7H,3-4H2,1-2H3. The van der Waals surface area contributed by atoms with Crippen LogP contribution in [0.4, 0.5) is 0 Å². The van der Waals surface area contributed by atoms with Gasteiger partial charge in [-0.3, -0.25) is 0 Å². The van der Waals surface area contributed by atoms with Crippen LogP contribution in [-0.4, -0.2) is 25.5 Å². The molecule has 0 bridgehead atoms. The molecule has 1 saturated heterocycles. The van der Waals surface area contributed by atoms with Gasteiger partial charge in [-0.25, -0.2) is 0 Å². The topological polar surface area (TPSA) is 67.2 Å². The third kappa shape index (κ3) is 2.11. The molecule has 68 valence electrons. The zero-order chi connectivity index (χ0) is 8.97. The molecule has 12 heavy (non-hydrogen) atoms. The molecule has 0 aromatic rings. The van der Waals surface area contributed by atoms with Crippen LogP contribution in [0.15, 0.2) is 5.11 Å². The van der Waals surface area contributed by atoms with E-state index >= 15 is 0 Å². The van der Waals surface area contributed by atoms with Gasteiger partial charge in [0.1, 0.15) is 0 Å². The molecule has 5 nitrogen and oxygen atoms in total. The van der Waals surface area contributed by atoms with E-state index in [1.165, 1.54) is 0 Å². The predicted molar refractivity (Wildman–Crippen MR) is 43.5 cm³/mol. The molecular weight excluding hydrogens is 158 g/mol. The Bertz CT molecular complexity index is 185. The molecule has 1 rings (SSSR count). The molecule has 1 fully saturated rings. The monoisotopic (exact) mass is 171 g/mol. The summed E-state index contributed by atoms with van der Waals surface area (Å²) in [4.78, 5) is 2.74. The van der Waals surface area contributed by atoms with Gasteiger partial charge in [0.05, 0.1) is 13.2 Å². The van der Waals surface area contributed by atoms with E-state index in [0.717, 1.165) is 0 Å². The Hall–Kier alpha value is -0.770. The van der Waals surface area contributed by atoms with E-state index < -0.39 is 0 Å². The van der Waals surface area contributed by atoms with Crippen molar-refractivity contribution in [1.82, 2.24) is 0 Å². The largest absolute Gasteiger partial charge is 0.350 e. The fourth-order valence-corrected chi connectivity index (χ4v) is 1.09. The van der Waals surface area contributed by atoms with Gasteiger partial charge in [-0.1, -0.05) is 19.0 Å². The lowest BCUT2D eigenvalue weighted by molar-refractivity contribution is -0.0829. The van der Waals surface area contributed by atoms with Gasteiger partial charge in [0.25, 0.3) is 0 Å². The van der Waals surface area contributed by atoms with Crippen LogP contribution < -0.4 is 0 Å². The highest BCUT2D eigenvalue weighted by Crippen LogP contribution is 2.19. The molecule has 2 atom stereocenters. The number of azide groups is 1. The predicted octanol–water partition coefficient (Wildman–Crippen LogP) is 1.69. The van der Waals surface area contributed by atoms with Gasteiger partial charge in [-0.15, -0.1) is 0 Å². The molecule has 1 heterocycles. The molecule has 0 aromatic carbocycles. The van der Waals surface area contributed by atoms with Gasteiger partial charge in [0.2, 0.25) is 0 Å². The molecule has 5 heteroatoms.